The molecule has 21 heavy (non-hydrogen) atoms. The van der Waals surface area contributed by atoms with E-state index >= 15 is 0 Å². The second kappa shape index (κ2) is 6.49. The van der Waals surface area contributed by atoms with Crippen molar-refractivity contribution in [3.8, 4) is 0 Å². The Morgan fingerprint density at radius 2 is 2.10 bits per heavy atom. The molecule has 1 atom stereocenters. The predicted molar refractivity (Wildman–Crippen MR) is 88.3 cm³/mol. The molecule has 3 rings (SSSR count). The fraction of sp³-hybridized carbons (Fsp3) is 0.588. The van der Waals surface area contributed by atoms with Gasteiger partial charge in [0.1, 0.15) is 0 Å². The van der Waals surface area contributed by atoms with E-state index in [9.17, 15) is 4.79 Å². The Bertz CT molecular complexity index is 490. The molecule has 1 aromatic carbocycles. The number of nitrogens with one attached hydrogen (secondary N) is 2. The average molecular weight is 351 g/mol. The number of piperidine rings is 1. The van der Waals surface area contributed by atoms with Crippen molar-refractivity contribution in [2.75, 3.05) is 19.6 Å². The van der Waals surface area contributed by atoms with Crippen LogP contribution in [0.5, 0.6) is 0 Å². The van der Waals surface area contributed by atoms with Crippen LogP contribution in [0.25, 0.3) is 0 Å². The number of rotatable bonds is 5. The van der Waals surface area contributed by atoms with Crippen LogP contribution in [0.1, 0.15) is 37.7 Å². The largest absolute Gasteiger partial charge is 0.355 e. The molecule has 3 nitrogen and oxygen atoms in total. The van der Waals surface area contributed by atoms with Gasteiger partial charge in [-0.15, -0.1) is 0 Å². The van der Waals surface area contributed by atoms with Crippen LogP contribution in [0, 0.1) is 5.92 Å². The highest BCUT2D eigenvalue weighted by atomic mass is 79.9. The van der Waals surface area contributed by atoms with Crippen LogP contribution in [0.2, 0.25) is 0 Å². The van der Waals surface area contributed by atoms with E-state index in [1.807, 2.05) is 12.1 Å². The number of hydrogen-bond donors (Lipinski definition) is 2. The summed E-state index contributed by atoms with van der Waals surface area (Å²) in [7, 11) is 0. The summed E-state index contributed by atoms with van der Waals surface area (Å²) >= 11 is 3.45. The van der Waals surface area contributed by atoms with Crippen molar-refractivity contribution >= 4 is 21.8 Å². The van der Waals surface area contributed by atoms with Crippen LogP contribution in [0.4, 0.5) is 0 Å². The Hall–Kier alpha value is -0.870. The summed E-state index contributed by atoms with van der Waals surface area (Å²) in [6.07, 6.45) is 5.61. The number of hydrogen-bond acceptors (Lipinski definition) is 2. The Kier molecular flexibility index (Phi) is 4.65. The van der Waals surface area contributed by atoms with Crippen LogP contribution in [-0.2, 0) is 10.2 Å². The first-order valence-corrected chi connectivity index (χ1v) is 8.75. The standard InChI is InChI=1S/C17H23BrN2O/c18-15-5-3-14(4-6-15)17(8-9-17)16(21)20-11-7-13-2-1-10-19-12-13/h3-6,13,19H,1-2,7-12H2,(H,20,21). The van der Waals surface area contributed by atoms with E-state index in [0.717, 1.165) is 54.9 Å². The summed E-state index contributed by atoms with van der Waals surface area (Å²) < 4.78 is 1.06. The van der Waals surface area contributed by atoms with Crippen LogP contribution >= 0.6 is 15.9 Å². The maximum absolute atomic E-state index is 12.5. The van der Waals surface area contributed by atoms with Gasteiger partial charge in [-0.05, 0) is 68.8 Å². The maximum atomic E-state index is 12.5. The molecule has 0 aromatic heterocycles. The van der Waals surface area contributed by atoms with Gasteiger partial charge in [-0.25, -0.2) is 0 Å². The minimum absolute atomic E-state index is 0.216. The predicted octanol–water partition coefficient (Wildman–Crippen LogP) is 2.99. The summed E-state index contributed by atoms with van der Waals surface area (Å²) in [4.78, 5) is 12.5. The third-order valence-corrected chi connectivity index (χ3v) is 5.35. The highest BCUT2D eigenvalue weighted by Gasteiger charge is 2.50. The topological polar surface area (TPSA) is 41.1 Å². The van der Waals surface area contributed by atoms with Crippen LogP contribution in [0.3, 0.4) is 0 Å². The lowest BCUT2D eigenvalue weighted by atomic mass is 9.94. The van der Waals surface area contributed by atoms with Gasteiger partial charge < -0.3 is 10.6 Å². The number of amides is 1. The van der Waals surface area contributed by atoms with Crippen molar-refractivity contribution in [3.63, 3.8) is 0 Å². The Labute approximate surface area is 135 Å². The zero-order valence-electron chi connectivity index (χ0n) is 12.3. The van der Waals surface area contributed by atoms with Crippen molar-refractivity contribution in [1.82, 2.24) is 10.6 Å². The van der Waals surface area contributed by atoms with Gasteiger partial charge in [0, 0.05) is 11.0 Å². The minimum Gasteiger partial charge on any atom is -0.355 e. The van der Waals surface area contributed by atoms with Crippen LogP contribution in [-0.4, -0.2) is 25.5 Å². The number of benzene rings is 1. The van der Waals surface area contributed by atoms with E-state index in [0.29, 0.717) is 0 Å². The average Bonchev–Trinajstić information content (AvgIpc) is 3.31. The second-order valence-electron chi connectivity index (χ2n) is 6.35. The second-order valence-corrected chi connectivity index (χ2v) is 7.26. The van der Waals surface area contributed by atoms with E-state index in [1.54, 1.807) is 0 Å². The zero-order chi connectivity index (χ0) is 14.7. The van der Waals surface area contributed by atoms with Crippen molar-refractivity contribution in [2.45, 2.75) is 37.5 Å². The van der Waals surface area contributed by atoms with E-state index in [2.05, 4.69) is 38.7 Å². The normalized spacial score (nSPS) is 23.6. The van der Waals surface area contributed by atoms with Crippen molar-refractivity contribution in [1.29, 1.82) is 0 Å². The Morgan fingerprint density at radius 3 is 2.71 bits per heavy atom. The van der Waals surface area contributed by atoms with Gasteiger partial charge >= 0.3 is 0 Å². The molecule has 1 saturated heterocycles. The number of carbonyl (C=O) groups is 1. The molecule has 114 valence electrons. The monoisotopic (exact) mass is 350 g/mol. The van der Waals surface area contributed by atoms with E-state index < -0.39 is 0 Å². The molecule has 1 unspecified atom stereocenters. The lowest BCUT2D eigenvalue weighted by molar-refractivity contribution is -0.123. The maximum Gasteiger partial charge on any atom is 0.230 e. The van der Waals surface area contributed by atoms with Gasteiger partial charge in [-0.2, -0.15) is 0 Å². The smallest absolute Gasteiger partial charge is 0.230 e. The minimum atomic E-state index is -0.245. The molecular weight excluding hydrogens is 328 g/mol. The molecule has 0 radical (unpaired) electrons. The van der Waals surface area contributed by atoms with E-state index in [1.165, 1.54) is 12.8 Å². The molecule has 0 bridgehead atoms. The first-order chi connectivity index (χ1) is 10.2. The summed E-state index contributed by atoms with van der Waals surface area (Å²) in [6, 6.07) is 8.19. The third-order valence-electron chi connectivity index (χ3n) is 4.82. The molecule has 1 aromatic rings. The summed E-state index contributed by atoms with van der Waals surface area (Å²) in [5, 5.41) is 6.60. The fourth-order valence-corrected chi connectivity index (χ4v) is 3.53. The molecule has 2 N–H and O–H groups in total. The van der Waals surface area contributed by atoms with Crippen molar-refractivity contribution in [3.05, 3.63) is 34.3 Å². The first kappa shape index (κ1) is 15.0. The summed E-state index contributed by atoms with van der Waals surface area (Å²) in [5.74, 6) is 0.940. The van der Waals surface area contributed by atoms with Gasteiger partial charge in [0.2, 0.25) is 5.91 Å². The molecular formula is C17H23BrN2O. The molecule has 1 saturated carbocycles. The highest BCUT2D eigenvalue weighted by Crippen LogP contribution is 2.48. The Morgan fingerprint density at radius 1 is 1.33 bits per heavy atom. The molecule has 2 fully saturated rings. The molecule has 1 aliphatic heterocycles. The summed E-state index contributed by atoms with van der Waals surface area (Å²) in [5.41, 5.74) is 0.911. The molecule has 1 amide bonds. The molecule has 1 aliphatic carbocycles. The first-order valence-electron chi connectivity index (χ1n) is 7.96. The lowest BCUT2D eigenvalue weighted by Crippen LogP contribution is -2.37. The molecule has 4 heteroatoms. The van der Waals surface area contributed by atoms with E-state index in [4.69, 9.17) is 0 Å². The van der Waals surface area contributed by atoms with Crippen LogP contribution in [0.15, 0.2) is 28.7 Å². The summed E-state index contributed by atoms with van der Waals surface area (Å²) in [6.45, 7) is 3.06. The van der Waals surface area contributed by atoms with Gasteiger partial charge in [-0.3, -0.25) is 4.79 Å². The van der Waals surface area contributed by atoms with E-state index in [-0.39, 0.29) is 11.3 Å². The van der Waals surface area contributed by atoms with Gasteiger partial charge in [-0.1, -0.05) is 28.1 Å². The number of carbonyl (C=O) groups excluding carboxylic acids is 1. The van der Waals surface area contributed by atoms with Gasteiger partial charge in [0.25, 0.3) is 0 Å². The SMILES string of the molecule is O=C(NCCC1CCCNC1)C1(c2ccc(Br)cc2)CC1. The highest BCUT2D eigenvalue weighted by molar-refractivity contribution is 9.10. The molecule has 2 aliphatic rings. The van der Waals surface area contributed by atoms with Crippen molar-refractivity contribution < 1.29 is 4.79 Å². The molecule has 1 heterocycles. The van der Waals surface area contributed by atoms with Crippen molar-refractivity contribution in [2.24, 2.45) is 5.92 Å². The molecule has 0 spiro atoms. The third kappa shape index (κ3) is 3.49. The lowest BCUT2D eigenvalue weighted by Gasteiger charge is -2.23. The van der Waals surface area contributed by atoms with Crippen LogP contribution < -0.4 is 10.6 Å². The fourth-order valence-electron chi connectivity index (χ4n) is 3.27. The zero-order valence-corrected chi connectivity index (χ0v) is 13.9. The Balaban J connectivity index is 1.51. The number of halogens is 1. The quantitative estimate of drug-likeness (QED) is 0.856. The van der Waals surface area contributed by atoms with Gasteiger partial charge in [0.05, 0.1) is 5.41 Å². The van der Waals surface area contributed by atoms with Gasteiger partial charge in [0.15, 0.2) is 0 Å².